The second kappa shape index (κ2) is 8.61. The summed E-state index contributed by atoms with van der Waals surface area (Å²) in [5.41, 5.74) is 9.29. The van der Waals surface area contributed by atoms with Gasteiger partial charge in [0.2, 0.25) is 0 Å². The second-order valence-corrected chi connectivity index (χ2v) is 7.56. The molecule has 0 unspecified atom stereocenters. The van der Waals surface area contributed by atoms with Crippen molar-refractivity contribution in [3.63, 3.8) is 0 Å². The molecule has 0 saturated carbocycles. The van der Waals surface area contributed by atoms with E-state index in [1.165, 1.54) is 0 Å². The van der Waals surface area contributed by atoms with E-state index in [0.717, 1.165) is 24.2 Å². The molecule has 4 N–H and O–H groups in total. The molecule has 3 aromatic rings. The third-order valence-corrected chi connectivity index (χ3v) is 5.76. The van der Waals surface area contributed by atoms with Crippen LogP contribution in [-0.4, -0.2) is 52.7 Å². The highest BCUT2D eigenvalue weighted by Gasteiger charge is 2.32. The van der Waals surface area contributed by atoms with Crippen LogP contribution in [0.2, 0.25) is 0 Å². The van der Waals surface area contributed by atoms with Crippen LogP contribution in [-0.2, 0) is 4.74 Å². The maximum Gasteiger partial charge on any atom is 0.335 e. The van der Waals surface area contributed by atoms with Crippen molar-refractivity contribution in [2.75, 3.05) is 30.8 Å². The maximum absolute atomic E-state index is 11.2. The van der Waals surface area contributed by atoms with Gasteiger partial charge >= 0.3 is 5.97 Å². The van der Waals surface area contributed by atoms with Gasteiger partial charge in [0, 0.05) is 31.7 Å². The Morgan fingerprint density at radius 2 is 1.90 bits per heavy atom. The van der Waals surface area contributed by atoms with Crippen molar-refractivity contribution >= 4 is 17.5 Å². The zero-order valence-electron chi connectivity index (χ0n) is 17.1. The number of methoxy groups -OCH3 is 1. The molecule has 160 valence electrons. The first-order valence-corrected chi connectivity index (χ1v) is 10.0. The Hall–Kier alpha value is -3.65. The number of carboxylic acids is 1. The van der Waals surface area contributed by atoms with Crippen LogP contribution in [0.1, 0.15) is 28.3 Å². The zero-order chi connectivity index (χ0) is 22.0. The Labute approximate surface area is 179 Å². The number of nitrogens with two attached hydrogens (primary N) is 1. The Kier molecular flexibility index (Phi) is 5.73. The lowest BCUT2D eigenvalue weighted by molar-refractivity contribution is 0.0644. The molecule has 1 aliphatic rings. The molecular weight excluding hydrogens is 396 g/mol. The molecule has 1 fully saturated rings. The fourth-order valence-electron chi connectivity index (χ4n) is 4.09. The molecule has 31 heavy (non-hydrogen) atoms. The van der Waals surface area contributed by atoms with Gasteiger partial charge in [-0.3, -0.25) is 0 Å². The van der Waals surface area contributed by atoms with Gasteiger partial charge in [0.25, 0.3) is 0 Å². The van der Waals surface area contributed by atoms with Crippen molar-refractivity contribution in [2.45, 2.75) is 18.4 Å². The van der Waals surface area contributed by atoms with Crippen LogP contribution in [0.25, 0.3) is 11.3 Å². The van der Waals surface area contributed by atoms with E-state index in [4.69, 9.17) is 15.6 Å². The van der Waals surface area contributed by atoms with Crippen molar-refractivity contribution in [1.29, 1.82) is 0 Å². The first kappa shape index (κ1) is 20.6. The summed E-state index contributed by atoms with van der Waals surface area (Å²) in [4.78, 5) is 13.3. The van der Waals surface area contributed by atoms with Crippen LogP contribution in [0, 0.1) is 0 Å². The van der Waals surface area contributed by atoms with Crippen molar-refractivity contribution in [2.24, 2.45) is 0 Å². The largest absolute Gasteiger partial charge is 0.507 e. The van der Waals surface area contributed by atoms with Gasteiger partial charge in [-0.1, -0.05) is 24.3 Å². The normalized spacial score (nSPS) is 18.7. The number of benzene rings is 2. The summed E-state index contributed by atoms with van der Waals surface area (Å²) in [5, 5.41) is 27.6. The number of aromatic carboxylic acids is 1. The van der Waals surface area contributed by atoms with Crippen LogP contribution in [0.3, 0.4) is 0 Å². The van der Waals surface area contributed by atoms with Crippen molar-refractivity contribution in [3.05, 3.63) is 65.7 Å². The van der Waals surface area contributed by atoms with Crippen LogP contribution < -0.4 is 10.6 Å². The molecule has 1 aliphatic heterocycles. The fraction of sp³-hybridized carbons (Fsp3) is 0.261. The number of anilines is 2. The molecule has 1 saturated heterocycles. The number of nitrogens with zero attached hydrogens (tertiary/aromatic N) is 3. The average Bonchev–Trinajstić information content (AvgIpc) is 2.79. The Balaban J connectivity index is 1.65. The van der Waals surface area contributed by atoms with E-state index in [1.807, 2.05) is 24.3 Å². The summed E-state index contributed by atoms with van der Waals surface area (Å²) in [6.45, 7) is 1.35. The number of ether oxygens (including phenoxy) is 1. The zero-order valence-corrected chi connectivity index (χ0v) is 17.1. The number of aromatic hydroxyl groups is 1. The summed E-state index contributed by atoms with van der Waals surface area (Å²) in [6, 6.07) is 15.7. The van der Waals surface area contributed by atoms with Crippen LogP contribution in [0.15, 0.2) is 54.6 Å². The van der Waals surface area contributed by atoms with Crippen LogP contribution in [0.5, 0.6) is 5.75 Å². The van der Waals surface area contributed by atoms with Crippen molar-refractivity contribution < 1.29 is 19.7 Å². The molecule has 4 rings (SSSR count). The number of para-hydroxylation sites is 1. The number of hydrogen-bond acceptors (Lipinski definition) is 7. The number of hydrogen-bond donors (Lipinski definition) is 3. The summed E-state index contributed by atoms with van der Waals surface area (Å²) < 4.78 is 5.72. The molecule has 8 nitrogen and oxygen atoms in total. The SMILES string of the molecule is CO[C@H]1CCN(c2cc(-c3ccccc3O)nnc2N)C[C@H]1c1ccc(C(=O)O)cc1. The van der Waals surface area contributed by atoms with Crippen molar-refractivity contribution in [3.8, 4) is 17.0 Å². The van der Waals surface area contributed by atoms with E-state index in [9.17, 15) is 9.90 Å². The number of carbonyl (C=O) groups is 1. The van der Waals surface area contributed by atoms with Gasteiger partial charge in [-0.2, -0.15) is 0 Å². The molecule has 0 aliphatic carbocycles. The highest BCUT2D eigenvalue weighted by molar-refractivity contribution is 5.87. The number of phenolic OH excluding ortho intramolecular Hbond substituents is 1. The van der Waals surface area contributed by atoms with Gasteiger partial charge in [-0.25, -0.2) is 4.79 Å². The molecule has 0 amide bonds. The lowest BCUT2D eigenvalue weighted by Crippen LogP contribution is -2.43. The molecule has 2 heterocycles. The van der Waals surface area contributed by atoms with E-state index < -0.39 is 5.97 Å². The van der Waals surface area contributed by atoms with Crippen LogP contribution in [0.4, 0.5) is 11.5 Å². The summed E-state index contributed by atoms with van der Waals surface area (Å²) in [5.74, 6) is -0.479. The quantitative estimate of drug-likeness (QED) is 0.575. The highest BCUT2D eigenvalue weighted by atomic mass is 16.5. The molecule has 0 radical (unpaired) electrons. The topological polar surface area (TPSA) is 122 Å². The standard InChI is InChI=1S/C23H24N4O4/c1-31-21-10-11-27(13-17(21)14-6-8-15(9-7-14)23(29)30)19-12-18(25-26-22(19)24)16-4-2-3-5-20(16)28/h2-9,12,17,21,28H,10-11,13H2,1H3,(H2,24,26)(H,29,30)/t17-,21-/m0/s1. The molecule has 2 atom stereocenters. The van der Waals surface area contributed by atoms with E-state index in [-0.39, 0.29) is 23.3 Å². The van der Waals surface area contributed by atoms with Gasteiger partial charge in [0.05, 0.1) is 23.0 Å². The summed E-state index contributed by atoms with van der Waals surface area (Å²) >= 11 is 0. The first-order valence-electron chi connectivity index (χ1n) is 10.0. The Morgan fingerprint density at radius 3 is 2.58 bits per heavy atom. The van der Waals surface area contributed by atoms with E-state index >= 15 is 0 Å². The van der Waals surface area contributed by atoms with Gasteiger partial charge in [0.15, 0.2) is 5.82 Å². The van der Waals surface area contributed by atoms with Crippen LogP contribution >= 0.6 is 0 Å². The third kappa shape index (κ3) is 4.15. The molecular formula is C23H24N4O4. The number of carboxylic acid groups (broad SMARTS) is 1. The Bertz CT molecular complexity index is 1090. The predicted octanol–water partition coefficient (Wildman–Crippen LogP) is 3.14. The molecule has 2 aromatic carbocycles. The predicted molar refractivity (Wildman–Crippen MR) is 117 cm³/mol. The van der Waals surface area contributed by atoms with E-state index in [1.54, 1.807) is 37.4 Å². The minimum absolute atomic E-state index is 0.000544. The summed E-state index contributed by atoms with van der Waals surface area (Å²) in [7, 11) is 1.69. The number of nitrogen functional groups attached to an aromatic ring is 1. The lowest BCUT2D eigenvalue weighted by Gasteiger charge is -2.39. The first-order chi connectivity index (χ1) is 15.0. The molecule has 0 bridgehead atoms. The molecule has 0 spiro atoms. The van der Waals surface area contributed by atoms with Gasteiger partial charge in [0.1, 0.15) is 5.75 Å². The Morgan fingerprint density at radius 1 is 1.16 bits per heavy atom. The smallest absolute Gasteiger partial charge is 0.335 e. The average molecular weight is 420 g/mol. The summed E-state index contributed by atoms with van der Waals surface area (Å²) in [6.07, 6.45) is 0.774. The number of phenols is 1. The maximum atomic E-state index is 11.2. The number of rotatable bonds is 5. The number of piperidine rings is 1. The fourth-order valence-corrected chi connectivity index (χ4v) is 4.09. The van der Waals surface area contributed by atoms with Gasteiger partial charge < -0.3 is 25.6 Å². The minimum atomic E-state index is -0.951. The number of aromatic nitrogens is 2. The lowest BCUT2D eigenvalue weighted by atomic mass is 9.87. The van der Waals surface area contributed by atoms with Gasteiger partial charge in [-0.05, 0) is 42.3 Å². The molecule has 1 aromatic heterocycles. The third-order valence-electron chi connectivity index (χ3n) is 5.76. The van der Waals surface area contributed by atoms with E-state index in [2.05, 4.69) is 15.1 Å². The van der Waals surface area contributed by atoms with Gasteiger partial charge in [-0.15, -0.1) is 10.2 Å². The van der Waals surface area contributed by atoms with E-state index in [0.29, 0.717) is 23.6 Å². The molecule has 8 heteroatoms. The monoisotopic (exact) mass is 420 g/mol. The minimum Gasteiger partial charge on any atom is -0.507 e. The second-order valence-electron chi connectivity index (χ2n) is 7.56. The van der Waals surface area contributed by atoms with Crippen molar-refractivity contribution in [1.82, 2.24) is 10.2 Å². The highest BCUT2D eigenvalue weighted by Crippen LogP contribution is 2.36.